The van der Waals surface area contributed by atoms with Crippen molar-refractivity contribution in [2.45, 2.75) is 31.0 Å². The standard InChI is InChI=1S/C24H20FN5O3/c25-17-11-5-4-7-15(17)8-6-12-18-20(31)21(32)24(33-18)30-14-28-19-22(26-13-27-23(19)30)29-16-9-2-1-3-10-16/h1-5,7,9-11,13-14,18,20-21,24,31-32H,12H2,(H,26,27,29)/t18-,20-,21-,24-/m1/s1. The van der Waals surface area contributed by atoms with Gasteiger partial charge >= 0.3 is 0 Å². The zero-order valence-electron chi connectivity index (χ0n) is 17.3. The smallest absolute Gasteiger partial charge is 0.167 e. The van der Waals surface area contributed by atoms with Crippen molar-refractivity contribution >= 4 is 22.7 Å². The van der Waals surface area contributed by atoms with Gasteiger partial charge in [-0.1, -0.05) is 42.2 Å². The predicted molar refractivity (Wildman–Crippen MR) is 119 cm³/mol. The topological polar surface area (TPSA) is 105 Å². The molecule has 166 valence electrons. The number of nitrogens with zero attached hydrogens (tertiary/aromatic N) is 4. The van der Waals surface area contributed by atoms with Crippen molar-refractivity contribution in [3.63, 3.8) is 0 Å². The van der Waals surface area contributed by atoms with E-state index < -0.39 is 30.4 Å². The van der Waals surface area contributed by atoms with E-state index in [1.54, 1.807) is 22.8 Å². The third-order valence-electron chi connectivity index (χ3n) is 5.41. The van der Waals surface area contributed by atoms with Gasteiger partial charge in [-0.05, 0) is 24.3 Å². The van der Waals surface area contributed by atoms with E-state index in [9.17, 15) is 14.6 Å². The van der Waals surface area contributed by atoms with E-state index >= 15 is 0 Å². The lowest BCUT2D eigenvalue weighted by molar-refractivity contribution is -0.0332. The highest BCUT2D eigenvalue weighted by molar-refractivity contribution is 5.85. The molecule has 1 aliphatic rings. The van der Waals surface area contributed by atoms with Gasteiger partial charge in [-0.3, -0.25) is 4.57 Å². The summed E-state index contributed by atoms with van der Waals surface area (Å²) >= 11 is 0. The summed E-state index contributed by atoms with van der Waals surface area (Å²) < 4.78 is 21.2. The zero-order chi connectivity index (χ0) is 22.8. The van der Waals surface area contributed by atoms with Crippen LogP contribution in [0.1, 0.15) is 18.2 Å². The lowest BCUT2D eigenvalue weighted by Crippen LogP contribution is -2.31. The minimum absolute atomic E-state index is 0.117. The van der Waals surface area contributed by atoms with E-state index in [1.165, 1.54) is 18.7 Å². The van der Waals surface area contributed by atoms with Crippen LogP contribution in [0.3, 0.4) is 0 Å². The van der Waals surface area contributed by atoms with Crippen molar-refractivity contribution < 1.29 is 19.3 Å². The molecule has 0 radical (unpaired) electrons. The molecular formula is C24H20FN5O3. The maximum atomic E-state index is 13.7. The predicted octanol–water partition coefficient (Wildman–Crippen LogP) is 2.77. The van der Waals surface area contributed by atoms with Crippen LogP contribution in [-0.4, -0.2) is 48.0 Å². The lowest BCUT2D eigenvalue weighted by atomic mass is 10.1. The Morgan fingerprint density at radius 3 is 2.61 bits per heavy atom. The van der Waals surface area contributed by atoms with E-state index in [-0.39, 0.29) is 12.0 Å². The Bertz CT molecular complexity index is 1330. The summed E-state index contributed by atoms with van der Waals surface area (Å²) in [6.07, 6.45) is -1.07. The van der Waals surface area contributed by atoms with Crippen LogP contribution >= 0.6 is 0 Å². The summed E-state index contributed by atoms with van der Waals surface area (Å²) in [6.45, 7) is 0. The van der Waals surface area contributed by atoms with Crippen LogP contribution in [-0.2, 0) is 4.74 Å². The van der Waals surface area contributed by atoms with Gasteiger partial charge in [0.25, 0.3) is 0 Å². The number of aliphatic hydroxyl groups is 2. The van der Waals surface area contributed by atoms with Crippen molar-refractivity contribution in [2.24, 2.45) is 0 Å². The molecule has 5 rings (SSSR count). The van der Waals surface area contributed by atoms with Gasteiger partial charge in [0.05, 0.1) is 18.0 Å². The number of aromatic nitrogens is 4. The number of aliphatic hydroxyl groups excluding tert-OH is 2. The van der Waals surface area contributed by atoms with Crippen molar-refractivity contribution in [2.75, 3.05) is 5.32 Å². The summed E-state index contributed by atoms with van der Waals surface area (Å²) in [5, 5.41) is 24.3. The number of benzene rings is 2. The third kappa shape index (κ3) is 4.15. The highest BCUT2D eigenvalue weighted by atomic mass is 19.1. The van der Waals surface area contributed by atoms with Gasteiger partial charge in [0, 0.05) is 12.1 Å². The summed E-state index contributed by atoms with van der Waals surface area (Å²) in [5.41, 5.74) is 2.04. The van der Waals surface area contributed by atoms with Gasteiger partial charge in [0.15, 0.2) is 23.2 Å². The van der Waals surface area contributed by atoms with Crippen molar-refractivity contribution in [3.8, 4) is 11.8 Å². The molecule has 2 aromatic carbocycles. The zero-order valence-corrected chi connectivity index (χ0v) is 17.3. The van der Waals surface area contributed by atoms with Crippen LogP contribution in [0.5, 0.6) is 0 Å². The molecule has 0 unspecified atom stereocenters. The van der Waals surface area contributed by atoms with Gasteiger partial charge in [-0.15, -0.1) is 0 Å². The second-order valence-corrected chi connectivity index (χ2v) is 7.57. The first kappa shape index (κ1) is 21.0. The second kappa shape index (κ2) is 8.96. The van der Waals surface area contributed by atoms with Crippen LogP contribution in [0, 0.1) is 17.7 Å². The maximum Gasteiger partial charge on any atom is 0.167 e. The Kier molecular flexibility index (Phi) is 5.71. The Hall–Kier alpha value is -3.84. The number of anilines is 2. The van der Waals surface area contributed by atoms with E-state index in [2.05, 4.69) is 32.1 Å². The van der Waals surface area contributed by atoms with E-state index in [4.69, 9.17) is 4.74 Å². The Labute approximate surface area is 188 Å². The number of fused-ring (bicyclic) bond motifs is 1. The van der Waals surface area contributed by atoms with Crippen LogP contribution in [0.15, 0.2) is 67.3 Å². The molecule has 33 heavy (non-hydrogen) atoms. The Morgan fingerprint density at radius 1 is 1.00 bits per heavy atom. The second-order valence-electron chi connectivity index (χ2n) is 7.57. The lowest BCUT2D eigenvalue weighted by Gasteiger charge is -2.16. The average molecular weight is 445 g/mol. The van der Waals surface area contributed by atoms with E-state index in [0.717, 1.165) is 5.69 Å². The van der Waals surface area contributed by atoms with Crippen molar-refractivity contribution in [1.29, 1.82) is 0 Å². The number of halogens is 1. The molecule has 1 saturated heterocycles. The number of para-hydroxylation sites is 1. The monoisotopic (exact) mass is 445 g/mol. The Morgan fingerprint density at radius 2 is 1.79 bits per heavy atom. The van der Waals surface area contributed by atoms with Crippen molar-refractivity contribution in [3.05, 3.63) is 78.6 Å². The third-order valence-corrected chi connectivity index (χ3v) is 5.41. The van der Waals surface area contributed by atoms with Crippen LogP contribution in [0.2, 0.25) is 0 Å². The average Bonchev–Trinajstić information content (AvgIpc) is 3.38. The van der Waals surface area contributed by atoms with Crippen molar-refractivity contribution in [1.82, 2.24) is 19.5 Å². The highest BCUT2D eigenvalue weighted by Crippen LogP contribution is 2.33. The molecule has 9 heteroatoms. The summed E-state index contributed by atoms with van der Waals surface area (Å²) in [7, 11) is 0. The highest BCUT2D eigenvalue weighted by Gasteiger charge is 2.44. The molecule has 2 aromatic heterocycles. The fourth-order valence-corrected chi connectivity index (χ4v) is 3.72. The van der Waals surface area contributed by atoms with Gasteiger partial charge in [-0.2, -0.15) is 0 Å². The minimum Gasteiger partial charge on any atom is -0.387 e. The van der Waals surface area contributed by atoms with Gasteiger partial charge in [0.2, 0.25) is 0 Å². The SMILES string of the molecule is O[C@@H]1[C@H](O)[C@@H](CC#Cc2ccccc2F)O[C@H]1n1cnc2c(Nc3ccccc3)ncnc21. The van der Waals surface area contributed by atoms with E-state index in [0.29, 0.717) is 17.0 Å². The van der Waals surface area contributed by atoms with Gasteiger partial charge < -0.3 is 20.3 Å². The fourth-order valence-electron chi connectivity index (χ4n) is 3.72. The molecule has 0 spiro atoms. The molecule has 1 aliphatic heterocycles. The number of nitrogens with one attached hydrogen (secondary N) is 1. The van der Waals surface area contributed by atoms with Crippen LogP contribution in [0.4, 0.5) is 15.9 Å². The van der Waals surface area contributed by atoms with E-state index in [1.807, 2.05) is 30.3 Å². The fraction of sp³-hybridized carbons (Fsp3) is 0.208. The summed E-state index contributed by atoms with van der Waals surface area (Å²) in [6, 6.07) is 15.7. The Balaban J connectivity index is 1.37. The minimum atomic E-state index is -1.22. The first-order valence-electron chi connectivity index (χ1n) is 10.4. The maximum absolute atomic E-state index is 13.7. The normalized spacial score (nSPS) is 22.2. The van der Waals surface area contributed by atoms with Gasteiger partial charge in [-0.25, -0.2) is 19.3 Å². The first-order valence-corrected chi connectivity index (χ1v) is 10.4. The molecule has 3 N–H and O–H groups in total. The molecule has 0 saturated carbocycles. The summed E-state index contributed by atoms with van der Waals surface area (Å²) in [4.78, 5) is 12.9. The van der Waals surface area contributed by atoms with Crippen LogP contribution < -0.4 is 5.32 Å². The molecule has 1 fully saturated rings. The first-order chi connectivity index (χ1) is 16.1. The number of ether oxygens (including phenoxy) is 1. The molecule has 0 amide bonds. The molecule has 3 heterocycles. The number of hydrogen-bond donors (Lipinski definition) is 3. The number of rotatable bonds is 4. The molecule has 8 nitrogen and oxygen atoms in total. The molecule has 0 bridgehead atoms. The van der Waals surface area contributed by atoms with Crippen LogP contribution in [0.25, 0.3) is 11.2 Å². The molecule has 0 aliphatic carbocycles. The summed E-state index contributed by atoms with van der Waals surface area (Å²) in [5.74, 6) is 5.66. The molecular weight excluding hydrogens is 425 g/mol. The quantitative estimate of drug-likeness (QED) is 0.415. The molecule has 4 aromatic rings. The largest absolute Gasteiger partial charge is 0.387 e. The number of hydrogen-bond acceptors (Lipinski definition) is 7. The molecule has 4 atom stereocenters. The van der Waals surface area contributed by atoms with Gasteiger partial charge in [0.1, 0.15) is 24.4 Å². The number of imidazole rings is 1.